The summed E-state index contributed by atoms with van der Waals surface area (Å²) < 4.78 is 0. The number of rotatable bonds is 7. The van der Waals surface area contributed by atoms with Gasteiger partial charge in [-0.25, -0.2) is 0 Å². The van der Waals surface area contributed by atoms with Crippen molar-refractivity contribution < 1.29 is 0 Å². The molecule has 0 bridgehead atoms. The Morgan fingerprint density at radius 3 is 2.44 bits per heavy atom. The van der Waals surface area contributed by atoms with Crippen LogP contribution in [0, 0.1) is 0 Å². The molecule has 0 amide bonds. The summed E-state index contributed by atoms with van der Waals surface area (Å²) in [4.78, 5) is 8.94. The average Bonchev–Trinajstić information content (AvgIpc) is 2.36. The lowest BCUT2D eigenvalue weighted by Crippen LogP contribution is -2.28. The first-order valence-corrected chi connectivity index (χ1v) is 6.59. The molecule has 0 saturated heterocycles. The van der Waals surface area contributed by atoms with E-state index < -0.39 is 0 Å². The van der Waals surface area contributed by atoms with Gasteiger partial charge in [-0.05, 0) is 39.7 Å². The maximum Gasteiger partial charge on any atom is 0.0572 e. The van der Waals surface area contributed by atoms with E-state index in [4.69, 9.17) is 0 Å². The van der Waals surface area contributed by atoms with Crippen LogP contribution in [0.1, 0.15) is 25.6 Å². The Hall–Kier alpha value is -1.13. The second kappa shape index (κ2) is 7.34. The fraction of sp³-hybridized carbons (Fsp3) is 0.643. The highest BCUT2D eigenvalue weighted by Gasteiger charge is 2.06. The summed E-state index contributed by atoms with van der Waals surface area (Å²) in [7, 11) is 6.29. The lowest BCUT2D eigenvalue weighted by atomic mass is 10.2. The van der Waals surface area contributed by atoms with Gasteiger partial charge in [0.1, 0.15) is 0 Å². The summed E-state index contributed by atoms with van der Waals surface area (Å²) in [5.74, 6) is 0. The molecule has 4 nitrogen and oxygen atoms in total. The van der Waals surface area contributed by atoms with Crippen molar-refractivity contribution in [1.82, 2.24) is 15.2 Å². The highest BCUT2D eigenvalue weighted by atomic mass is 15.2. The van der Waals surface area contributed by atoms with Crippen molar-refractivity contribution in [3.05, 3.63) is 24.0 Å². The quantitative estimate of drug-likeness (QED) is 0.799. The second-order valence-electron chi connectivity index (χ2n) is 4.95. The minimum Gasteiger partial charge on any atom is -0.372 e. The Labute approximate surface area is 111 Å². The Morgan fingerprint density at radius 1 is 1.22 bits per heavy atom. The van der Waals surface area contributed by atoms with Crippen LogP contribution in [-0.4, -0.2) is 50.7 Å². The van der Waals surface area contributed by atoms with Crippen LogP contribution in [0.15, 0.2) is 18.3 Å². The van der Waals surface area contributed by atoms with E-state index in [0.717, 1.165) is 25.3 Å². The molecule has 1 unspecified atom stereocenters. The average molecular weight is 250 g/mol. The molecule has 0 radical (unpaired) electrons. The summed E-state index contributed by atoms with van der Waals surface area (Å²) in [6, 6.07) is 4.57. The molecule has 1 N–H and O–H groups in total. The SMILES string of the molecule is CCNC(C)c1ccc(N(C)CCN(C)C)cn1. The fourth-order valence-electron chi connectivity index (χ4n) is 1.77. The van der Waals surface area contributed by atoms with Gasteiger partial charge < -0.3 is 15.1 Å². The highest BCUT2D eigenvalue weighted by Crippen LogP contribution is 2.15. The number of anilines is 1. The molecule has 4 heteroatoms. The third-order valence-corrected chi connectivity index (χ3v) is 3.05. The molecule has 1 aromatic heterocycles. The number of nitrogens with zero attached hydrogens (tertiary/aromatic N) is 3. The van der Waals surface area contributed by atoms with E-state index in [1.54, 1.807) is 0 Å². The second-order valence-corrected chi connectivity index (χ2v) is 4.95. The number of hydrogen-bond donors (Lipinski definition) is 1. The standard InChI is InChI=1S/C14H26N4/c1-6-15-12(2)14-8-7-13(11-16-14)18(5)10-9-17(3)4/h7-8,11-12,15H,6,9-10H2,1-5H3. The monoisotopic (exact) mass is 250 g/mol. The number of pyridine rings is 1. The molecule has 0 fully saturated rings. The zero-order valence-electron chi connectivity index (χ0n) is 12.3. The number of likely N-dealkylation sites (N-methyl/N-ethyl adjacent to an activating group) is 2. The fourth-order valence-corrected chi connectivity index (χ4v) is 1.77. The van der Waals surface area contributed by atoms with Gasteiger partial charge in [-0.2, -0.15) is 0 Å². The van der Waals surface area contributed by atoms with Gasteiger partial charge in [-0.15, -0.1) is 0 Å². The van der Waals surface area contributed by atoms with E-state index >= 15 is 0 Å². The minimum atomic E-state index is 0.316. The first-order valence-electron chi connectivity index (χ1n) is 6.59. The molecule has 18 heavy (non-hydrogen) atoms. The van der Waals surface area contributed by atoms with E-state index in [9.17, 15) is 0 Å². The van der Waals surface area contributed by atoms with Crippen LogP contribution in [0.25, 0.3) is 0 Å². The van der Waals surface area contributed by atoms with Crippen molar-refractivity contribution in [2.45, 2.75) is 19.9 Å². The lowest BCUT2D eigenvalue weighted by Gasteiger charge is -2.22. The summed E-state index contributed by atoms with van der Waals surface area (Å²) in [5, 5.41) is 3.37. The predicted octanol–water partition coefficient (Wildman–Crippen LogP) is 1.75. The summed E-state index contributed by atoms with van der Waals surface area (Å²) in [6.45, 7) is 7.28. The minimum absolute atomic E-state index is 0.316. The van der Waals surface area contributed by atoms with Crippen molar-refractivity contribution in [3.63, 3.8) is 0 Å². The van der Waals surface area contributed by atoms with Crippen LogP contribution in [-0.2, 0) is 0 Å². The van der Waals surface area contributed by atoms with Gasteiger partial charge in [0.25, 0.3) is 0 Å². The number of aromatic nitrogens is 1. The normalized spacial score (nSPS) is 12.8. The van der Waals surface area contributed by atoms with Gasteiger partial charge in [-0.3, -0.25) is 4.98 Å². The van der Waals surface area contributed by atoms with Crippen molar-refractivity contribution >= 4 is 5.69 Å². The first kappa shape index (κ1) is 14.9. The van der Waals surface area contributed by atoms with Gasteiger partial charge in [0.2, 0.25) is 0 Å². The van der Waals surface area contributed by atoms with Crippen LogP contribution in [0.4, 0.5) is 5.69 Å². The molecule has 1 rings (SSSR count). The van der Waals surface area contributed by atoms with Gasteiger partial charge >= 0.3 is 0 Å². The molecule has 1 heterocycles. The molecule has 1 atom stereocenters. The van der Waals surface area contributed by atoms with Crippen LogP contribution in [0.3, 0.4) is 0 Å². The van der Waals surface area contributed by atoms with Crippen LogP contribution in [0.2, 0.25) is 0 Å². The predicted molar refractivity (Wildman–Crippen MR) is 78.2 cm³/mol. The largest absolute Gasteiger partial charge is 0.372 e. The number of nitrogens with one attached hydrogen (secondary N) is 1. The topological polar surface area (TPSA) is 31.4 Å². The first-order chi connectivity index (χ1) is 8.54. The molecule has 1 aromatic rings. The van der Waals surface area contributed by atoms with Crippen molar-refractivity contribution in [1.29, 1.82) is 0 Å². The molecule has 102 valence electrons. The molecule has 0 spiro atoms. The van der Waals surface area contributed by atoms with Gasteiger partial charge in [0.15, 0.2) is 0 Å². The molecular weight excluding hydrogens is 224 g/mol. The molecule has 0 aliphatic carbocycles. The van der Waals surface area contributed by atoms with Crippen molar-refractivity contribution in [3.8, 4) is 0 Å². The lowest BCUT2D eigenvalue weighted by molar-refractivity contribution is 0.416. The summed E-state index contributed by atoms with van der Waals surface area (Å²) in [6.07, 6.45) is 1.96. The Bertz CT molecular complexity index is 334. The van der Waals surface area contributed by atoms with E-state index in [0.29, 0.717) is 6.04 Å². The summed E-state index contributed by atoms with van der Waals surface area (Å²) in [5.41, 5.74) is 2.27. The molecule has 0 saturated carbocycles. The molecule has 0 aliphatic rings. The molecule has 0 aliphatic heterocycles. The maximum absolute atomic E-state index is 4.53. The van der Waals surface area contributed by atoms with Crippen LogP contribution < -0.4 is 10.2 Å². The van der Waals surface area contributed by atoms with Crippen molar-refractivity contribution in [2.75, 3.05) is 45.7 Å². The van der Waals surface area contributed by atoms with Gasteiger partial charge in [-0.1, -0.05) is 6.92 Å². The van der Waals surface area contributed by atoms with Crippen LogP contribution in [0.5, 0.6) is 0 Å². The van der Waals surface area contributed by atoms with Crippen LogP contribution >= 0.6 is 0 Å². The smallest absolute Gasteiger partial charge is 0.0572 e. The van der Waals surface area contributed by atoms with E-state index in [2.05, 4.69) is 67.2 Å². The van der Waals surface area contributed by atoms with E-state index in [1.165, 1.54) is 5.69 Å². The highest BCUT2D eigenvalue weighted by molar-refractivity contribution is 5.43. The third-order valence-electron chi connectivity index (χ3n) is 3.05. The zero-order chi connectivity index (χ0) is 13.5. The summed E-state index contributed by atoms with van der Waals surface area (Å²) >= 11 is 0. The third kappa shape index (κ3) is 4.63. The maximum atomic E-state index is 4.53. The van der Waals surface area contributed by atoms with E-state index in [1.807, 2.05) is 6.20 Å². The number of hydrogen-bond acceptors (Lipinski definition) is 4. The van der Waals surface area contributed by atoms with Gasteiger partial charge in [0.05, 0.1) is 17.6 Å². The zero-order valence-corrected chi connectivity index (χ0v) is 12.3. The Kier molecular flexibility index (Phi) is 6.09. The Morgan fingerprint density at radius 2 is 1.94 bits per heavy atom. The Balaban J connectivity index is 2.58. The van der Waals surface area contributed by atoms with E-state index in [-0.39, 0.29) is 0 Å². The van der Waals surface area contributed by atoms with Crippen molar-refractivity contribution in [2.24, 2.45) is 0 Å². The molecular formula is C14H26N4. The van der Waals surface area contributed by atoms with Gasteiger partial charge in [0, 0.05) is 26.2 Å². The molecule has 0 aromatic carbocycles.